The SMILES string of the molecule is CC(C)CCC(C)N(C(=O)C(Cc1ccccc1)NC(=O)OC(C)(C)C)C(C(=O)NC1CCCCC1)c1ccccc1O. The number of rotatable bonds is 12. The summed E-state index contributed by atoms with van der Waals surface area (Å²) in [6, 6.07) is 13.7. The summed E-state index contributed by atoms with van der Waals surface area (Å²) in [5, 5.41) is 17.0. The molecule has 8 nitrogen and oxygen atoms in total. The highest BCUT2D eigenvalue weighted by molar-refractivity contribution is 5.93. The van der Waals surface area contributed by atoms with Crippen molar-refractivity contribution in [1.82, 2.24) is 15.5 Å². The molecule has 0 heterocycles. The van der Waals surface area contributed by atoms with Crippen molar-refractivity contribution >= 4 is 17.9 Å². The number of ether oxygens (including phenoxy) is 1. The van der Waals surface area contributed by atoms with Gasteiger partial charge in [0.25, 0.3) is 0 Å². The highest BCUT2D eigenvalue weighted by atomic mass is 16.6. The van der Waals surface area contributed by atoms with E-state index in [2.05, 4.69) is 24.5 Å². The van der Waals surface area contributed by atoms with Crippen LogP contribution in [-0.4, -0.2) is 51.6 Å². The Hall–Kier alpha value is -3.55. The zero-order valence-corrected chi connectivity index (χ0v) is 26.8. The molecule has 1 aliphatic carbocycles. The van der Waals surface area contributed by atoms with Crippen molar-refractivity contribution in [2.75, 3.05) is 0 Å². The molecular formula is C35H51N3O5. The van der Waals surface area contributed by atoms with Gasteiger partial charge in [-0.3, -0.25) is 9.59 Å². The van der Waals surface area contributed by atoms with Gasteiger partial charge >= 0.3 is 6.09 Å². The first-order valence-electron chi connectivity index (χ1n) is 15.8. The van der Waals surface area contributed by atoms with E-state index in [0.29, 0.717) is 17.9 Å². The quantitative estimate of drug-likeness (QED) is 0.255. The molecule has 8 heteroatoms. The van der Waals surface area contributed by atoms with Crippen molar-refractivity contribution in [3.05, 3.63) is 65.7 Å². The van der Waals surface area contributed by atoms with Crippen LogP contribution in [-0.2, 0) is 20.7 Å². The molecule has 43 heavy (non-hydrogen) atoms. The Bertz CT molecular complexity index is 1190. The number of amides is 3. The van der Waals surface area contributed by atoms with Gasteiger partial charge in [-0.1, -0.05) is 81.6 Å². The summed E-state index contributed by atoms with van der Waals surface area (Å²) < 4.78 is 5.55. The van der Waals surface area contributed by atoms with Crippen LogP contribution in [0, 0.1) is 5.92 Å². The number of hydrogen-bond donors (Lipinski definition) is 3. The van der Waals surface area contributed by atoms with Gasteiger partial charge in [-0.15, -0.1) is 0 Å². The van der Waals surface area contributed by atoms with Crippen LogP contribution in [0.15, 0.2) is 54.6 Å². The Labute approximate surface area is 257 Å². The maximum absolute atomic E-state index is 14.8. The zero-order chi connectivity index (χ0) is 31.6. The van der Waals surface area contributed by atoms with E-state index in [4.69, 9.17) is 4.74 Å². The minimum atomic E-state index is -1.09. The highest BCUT2D eigenvalue weighted by Crippen LogP contribution is 2.33. The van der Waals surface area contributed by atoms with Gasteiger partial charge in [0.2, 0.25) is 11.8 Å². The van der Waals surface area contributed by atoms with E-state index in [1.807, 2.05) is 37.3 Å². The van der Waals surface area contributed by atoms with Crippen LogP contribution in [0.1, 0.15) is 104 Å². The number of phenolic OH excluding ortho intramolecular Hbond substituents is 1. The average Bonchev–Trinajstić information content (AvgIpc) is 2.94. The fraction of sp³-hybridized carbons (Fsp3) is 0.571. The number of benzene rings is 2. The second-order valence-electron chi connectivity index (χ2n) is 13.3. The molecule has 2 aromatic rings. The molecule has 1 saturated carbocycles. The molecule has 0 bridgehead atoms. The van der Waals surface area contributed by atoms with Crippen molar-refractivity contribution in [1.29, 1.82) is 0 Å². The van der Waals surface area contributed by atoms with Gasteiger partial charge < -0.3 is 25.4 Å². The van der Waals surface area contributed by atoms with Gasteiger partial charge in [0.1, 0.15) is 23.4 Å². The van der Waals surface area contributed by atoms with E-state index >= 15 is 0 Å². The van der Waals surface area contributed by atoms with E-state index in [1.165, 1.54) is 6.07 Å². The highest BCUT2D eigenvalue weighted by Gasteiger charge is 2.40. The van der Waals surface area contributed by atoms with Crippen molar-refractivity contribution in [2.45, 2.75) is 123 Å². The van der Waals surface area contributed by atoms with E-state index < -0.39 is 29.7 Å². The van der Waals surface area contributed by atoms with Gasteiger partial charge in [-0.05, 0) is 70.9 Å². The Kier molecular flexibility index (Phi) is 12.5. The number of aromatic hydroxyl groups is 1. The van der Waals surface area contributed by atoms with Crippen molar-refractivity contribution in [3.8, 4) is 5.75 Å². The Morgan fingerprint density at radius 1 is 0.930 bits per heavy atom. The standard InChI is InChI=1S/C35H51N3O5/c1-24(2)21-22-25(3)38(31(28-19-13-14-20-30(28)39)32(40)36-27-17-11-8-12-18-27)33(41)29(23-26-15-9-7-10-16-26)37-34(42)43-35(4,5)6/h7,9-10,13-16,19-20,24-25,27,29,31,39H,8,11-12,17-18,21-23H2,1-6H3,(H,36,40)(H,37,42). The molecule has 0 aromatic heterocycles. The normalized spacial score (nSPS) is 16.2. The van der Waals surface area contributed by atoms with Gasteiger partial charge in [-0.2, -0.15) is 0 Å². The minimum Gasteiger partial charge on any atom is -0.508 e. The predicted molar refractivity (Wildman–Crippen MR) is 170 cm³/mol. The molecule has 3 amide bonds. The monoisotopic (exact) mass is 593 g/mol. The summed E-state index contributed by atoms with van der Waals surface area (Å²) in [5.74, 6) is -0.397. The molecule has 2 aromatic carbocycles. The molecule has 1 fully saturated rings. The van der Waals surface area contributed by atoms with Gasteiger partial charge in [0, 0.05) is 24.1 Å². The molecule has 3 atom stereocenters. The van der Waals surface area contributed by atoms with Crippen LogP contribution in [0.3, 0.4) is 0 Å². The molecule has 0 radical (unpaired) electrons. The Morgan fingerprint density at radius 3 is 2.16 bits per heavy atom. The molecule has 0 saturated heterocycles. The Balaban J connectivity index is 2.08. The first-order valence-corrected chi connectivity index (χ1v) is 15.8. The van der Waals surface area contributed by atoms with Crippen LogP contribution < -0.4 is 10.6 Å². The Morgan fingerprint density at radius 2 is 1.56 bits per heavy atom. The van der Waals surface area contributed by atoms with Crippen molar-refractivity contribution in [3.63, 3.8) is 0 Å². The number of nitrogens with zero attached hydrogens (tertiary/aromatic N) is 1. The lowest BCUT2D eigenvalue weighted by Gasteiger charge is -2.39. The fourth-order valence-electron chi connectivity index (χ4n) is 5.66. The number of phenols is 1. The molecule has 3 rings (SSSR count). The number of hydrogen-bond acceptors (Lipinski definition) is 5. The maximum Gasteiger partial charge on any atom is 0.408 e. The summed E-state index contributed by atoms with van der Waals surface area (Å²) in [7, 11) is 0. The fourth-order valence-corrected chi connectivity index (χ4v) is 5.66. The number of para-hydroxylation sites is 1. The van der Waals surface area contributed by atoms with Crippen molar-refractivity contribution < 1.29 is 24.2 Å². The second-order valence-corrected chi connectivity index (χ2v) is 13.3. The average molecular weight is 594 g/mol. The van der Waals surface area contributed by atoms with E-state index in [-0.39, 0.29) is 30.2 Å². The van der Waals surface area contributed by atoms with E-state index in [1.54, 1.807) is 43.9 Å². The summed E-state index contributed by atoms with van der Waals surface area (Å²) in [4.78, 5) is 43.6. The molecule has 3 unspecified atom stereocenters. The lowest BCUT2D eigenvalue weighted by Crippen LogP contribution is -2.57. The molecular weight excluding hydrogens is 542 g/mol. The lowest BCUT2D eigenvalue weighted by molar-refractivity contribution is -0.145. The smallest absolute Gasteiger partial charge is 0.408 e. The number of carbonyl (C=O) groups is 3. The molecule has 0 spiro atoms. The largest absolute Gasteiger partial charge is 0.508 e. The first kappa shape index (κ1) is 33.9. The van der Waals surface area contributed by atoms with Crippen LogP contribution in [0.4, 0.5) is 4.79 Å². The van der Waals surface area contributed by atoms with Crippen LogP contribution in [0.2, 0.25) is 0 Å². The second kappa shape index (κ2) is 15.8. The molecule has 0 aliphatic heterocycles. The zero-order valence-electron chi connectivity index (χ0n) is 26.8. The first-order chi connectivity index (χ1) is 20.4. The number of nitrogens with one attached hydrogen (secondary N) is 2. The summed E-state index contributed by atoms with van der Waals surface area (Å²) in [6.07, 6.45) is 5.98. The number of carbonyl (C=O) groups excluding carboxylic acids is 3. The van der Waals surface area contributed by atoms with Gasteiger partial charge in [0.15, 0.2) is 0 Å². The van der Waals surface area contributed by atoms with E-state index in [0.717, 1.165) is 44.1 Å². The molecule has 236 valence electrons. The maximum atomic E-state index is 14.8. The van der Waals surface area contributed by atoms with Crippen LogP contribution in [0.25, 0.3) is 0 Å². The minimum absolute atomic E-state index is 0.0116. The molecule has 3 N–H and O–H groups in total. The summed E-state index contributed by atoms with van der Waals surface area (Å²) >= 11 is 0. The number of alkyl carbamates (subject to hydrolysis) is 1. The lowest BCUT2D eigenvalue weighted by atomic mass is 9.93. The molecule has 1 aliphatic rings. The van der Waals surface area contributed by atoms with Crippen LogP contribution in [0.5, 0.6) is 5.75 Å². The topological polar surface area (TPSA) is 108 Å². The van der Waals surface area contributed by atoms with E-state index in [9.17, 15) is 19.5 Å². The summed E-state index contributed by atoms with van der Waals surface area (Å²) in [6.45, 7) is 11.5. The third kappa shape index (κ3) is 10.6. The summed E-state index contributed by atoms with van der Waals surface area (Å²) in [5.41, 5.74) is 0.459. The third-order valence-electron chi connectivity index (χ3n) is 7.87. The van der Waals surface area contributed by atoms with Crippen molar-refractivity contribution in [2.24, 2.45) is 5.92 Å². The predicted octanol–water partition coefficient (Wildman–Crippen LogP) is 6.67. The third-order valence-corrected chi connectivity index (χ3v) is 7.87. The van der Waals surface area contributed by atoms with Gasteiger partial charge in [-0.25, -0.2) is 4.79 Å². The van der Waals surface area contributed by atoms with Crippen LogP contribution >= 0.6 is 0 Å². The van der Waals surface area contributed by atoms with Gasteiger partial charge in [0.05, 0.1) is 0 Å².